The number of nitrogens with zero attached hydrogens (tertiary/aromatic N) is 4. The lowest BCUT2D eigenvalue weighted by molar-refractivity contribution is 0.0247. The first-order valence-electron chi connectivity index (χ1n) is 10.1. The molecule has 0 saturated carbocycles. The fraction of sp³-hybridized carbons (Fsp3) is 0.364. The highest BCUT2D eigenvalue weighted by Crippen LogP contribution is 2.23. The second-order valence-electron chi connectivity index (χ2n) is 7.92. The molecule has 0 radical (unpaired) electrons. The minimum Gasteiger partial charge on any atom is -0.369 e. The number of likely N-dealkylation sites (tertiary alicyclic amines) is 1. The summed E-state index contributed by atoms with van der Waals surface area (Å²) in [5, 5.41) is 0. The van der Waals surface area contributed by atoms with E-state index in [-0.39, 0.29) is 11.7 Å². The molecule has 2 aliphatic heterocycles. The molecule has 29 heavy (non-hydrogen) atoms. The second-order valence-corrected chi connectivity index (χ2v) is 7.92. The number of aromatic amines is 1. The highest BCUT2D eigenvalue weighted by molar-refractivity contribution is 5.97. The molecule has 6 nitrogen and oxygen atoms in total. The summed E-state index contributed by atoms with van der Waals surface area (Å²) >= 11 is 0. The maximum Gasteiger partial charge on any atom is 0.254 e. The smallest absolute Gasteiger partial charge is 0.254 e. The van der Waals surface area contributed by atoms with Crippen LogP contribution in [-0.2, 0) is 0 Å². The number of nitrogens with one attached hydrogen (secondary N) is 1. The van der Waals surface area contributed by atoms with Crippen molar-refractivity contribution in [2.45, 2.75) is 13.0 Å². The normalized spacial score (nSPS) is 18.3. The molecule has 150 valence electrons. The predicted molar refractivity (Wildman–Crippen MR) is 111 cm³/mol. The molecule has 0 unspecified atom stereocenters. The Bertz CT molecular complexity index is 1030. The number of amides is 1. The van der Waals surface area contributed by atoms with E-state index in [4.69, 9.17) is 0 Å². The van der Waals surface area contributed by atoms with Crippen molar-refractivity contribution in [3.8, 4) is 0 Å². The number of aryl methyl sites for hydroxylation is 1. The quantitative estimate of drug-likeness (QED) is 0.743. The van der Waals surface area contributed by atoms with Gasteiger partial charge in [0.05, 0.1) is 11.0 Å². The van der Waals surface area contributed by atoms with Crippen LogP contribution >= 0.6 is 0 Å². The number of carbonyl (C=O) groups excluding carboxylic acids is 1. The topological polar surface area (TPSA) is 55.5 Å². The number of hydrogen-bond donors (Lipinski definition) is 1. The summed E-state index contributed by atoms with van der Waals surface area (Å²) in [6, 6.07) is 12.8. The number of carbonyl (C=O) groups is 1. The minimum absolute atomic E-state index is 0.0837. The van der Waals surface area contributed by atoms with E-state index in [9.17, 15) is 9.18 Å². The molecular formula is C22H24FN5O. The van der Waals surface area contributed by atoms with E-state index in [1.807, 2.05) is 42.2 Å². The molecule has 1 aromatic heterocycles. The fourth-order valence-electron chi connectivity index (χ4n) is 4.30. The summed E-state index contributed by atoms with van der Waals surface area (Å²) in [7, 11) is 0. The number of imidazole rings is 1. The van der Waals surface area contributed by atoms with E-state index in [2.05, 4.69) is 19.8 Å². The van der Waals surface area contributed by atoms with Gasteiger partial charge in [0.25, 0.3) is 5.91 Å². The first-order valence-corrected chi connectivity index (χ1v) is 10.1. The number of aromatic nitrogens is 2. The fourth-order valence-corrected chi connectivity index (χ4v) is 4.30. The van der Waals surface area contributed by atoms with Crippen molar-refractivity contribution < 1.29 is 9.18 Å². The van der Waals surface area contributed by atoms with Crippen LogP contribution in [0.1, 0.15) is 16.2 Å². The molecule has 0 aliphatic carbocycles. The monoisotopic (exact) mass is 393 g/mol. The Labute approximate surface area is 168 Å². The Morgan fingerprint density at radius 1 is 1.07 bits per heavy atom. The maximum atomic E-state index is 13.1. The molecule has 2 saturated heterocycles. The van der Waals surface area contributed by atoms with Crippen LogP contribution in [0.5, 0.6) is 0 Å². The minimum atomic E-state index is -0.201. The molecular weight excluding hydrogens is 369 g/mol. The van der Waals surface area contributed by atoms with Crippen LogP contribution in [0, 0.1) is 12.7 Å². The molecule has 0 bridgehead atoms. The largest absolute Gasteiger partial charge is 0.369 e. The van der Waals surface area contributed by atoms with Gasteiger partial charge < -0.3 is 14.8 Å². The lowest BCUT2D eigenvalue weighted by Gasteiger charge is -2.48. The van der Waals surface area contributed by atoms with Gasteiger partial charge in [0.15, 0.2) is 0 Å². The summed E-state index contributed by atoms with van der Waals surface area (Å²) in [4.78, 5) is 27.1. The van der Waals surface area contributed by atoms with E-state index < -0.39 is 0 Å². The molecule has 7 heteroatoms. The number of piperazine rings is 1. The predicted octanol–water partition coefficient (Wildman–Crippen LogP) is 2.66. The number of hydrogen-bond acceptors (Lipinski definition) is 4. The highest BCUT2D eigenvalue weighted by Gasteiger charge is 2.36. The third-order valence-corrected chi connectivity index (χ3v) is 6.02. The van der Waals surface area contributed by atoms with Gasteiger partial charge in [-0.05, 0) is 49.4 Å². The maximum absolute atomic E-state index is 13.1. The van der Waals surface area contributed by atoms with E-state index in [0.717, 1.165) is 61.8 Å². The molecule has 5 rings (SSSR count). The van der Waals surface area contributed by atoms with E-state index in [1.165, 1.54) is 12.1 Å². The van der Waals surface area contributed by atoms with Gasteiger partial charge in [0.2, 0.25) is 0 Å². The average molecular weight is 393 g/mol. The zero-order valence-electron chi connectivity index (χ0n) is 16.4. The van der Waals surface area contributed by atoms with Crippen LogP contribution in [0.2, 0.25) is 0 Å². The second kappa shape index (κ2) is 7.15. The summed E-state index contributed by atoms with van der Waals surface area (Å²) in [6.07, 6.45) is 0. The molecule has 0 atom stereocenters. The number of halogens is 1. The lowest BCUT2D eigenvalue weighted by atomic mass is 10.0. The summed E-state index contributed by atoms with van der Waals surface area (Å²) in [5.41, 5.74) is 3.57. The standard InChI is InChI=1S/C22H24FN5O/c1-15-24-20-7-2-16(12-21(20)25-15)22(29)28-13-19(14-28)27-10-8-26(9-11-27)18-5-3-17(23)4-6-18/h2-7,12,19H,8-11,13-14H2,1H3,(H,24,25). The van der Waals surface area contributed by atoms with Crippen LogP contribution in [0.15, 0.2) is 42.5 Å². The zero-order chi connectivity index (χ0) is 20.0. The third kappa shape index (κ3) is 3.46. The van der Waals surface area contributed by atoms with Gasteiger partial charge in [0.1, 0.15) is 11.6 Å². The molecule has 3 aromatic rings. The average Bonchev–Trinajstić information content (AvgIpc) is 3.07. The van der Waals surface area contributed by atoms with Gasteiger partial charge in [-0.3, -0.25) is 9.69 Å². The molecule has 2 aliphatic rings. The van der Waals surface area contributed by atoms with Crippen molar-refractivity contribution in [2.75, 3.05) is 44.2 Å². The molecule has 2 fully saturated rings. The molecule has 1 N–H and O–H groups in total. The van der Waals surface area contributed by atoms with E-state index in [0.29, 0.717) is 11.6 Å². The van der Waals surface area contributed by atoms with E-state index >= 15 is 0 Å². The first-order chi connectivity index (χ1) is 14.1. The van der Waals surface area contributed by atoms with Gasteiger partial charge in [-0.2, -0.15) is 0 Å². The van der Waals surface area contributed by atoms with Crippen molar-refractivity contribution in [1.29, 1.82) is 0 Å². The van der Waals surface area contributed by atoms with Crippen LogP contribution in [0.25, 0.3) is 11.0 Å². The summed E-state index contributed by atoms with van der Waals surface area (Å²) in [6.45, 7) is 7.23. The first kappa shape index (κ1) is 18.1. The Hall–Kier alpha value is -2.93. The SMILES string of the molecule is Cc1nc2ccc(C(=O)N3CC(N4CCN(c5ccc(F)cc5)CC4)C3)cc2[nH]1. The Balaban J connectivity index is 1.16. The lowest BCUT2D eigenvalue weighted by Crippen LogP contribution is -2.64. The summed E-state index contributed by atoms with van der Waals surface area (Å²) in [5.74, 6) is 0.738. The molecule has 0 spiro atoms. The zero-order valence-corrected chi connectivity index (χ0v) is 16.4. The van der Waals surface area contributed by atoms with Crippen LogP contribution < -0.4 is 4.90 Å². The van der Waals surface area contributed by atoms with Gasteiger partial charge in [-0.25, -0.2) is 9.37 Å². The molecule has 1 amide bonds. The van der Waals surface area contributed by atoms with Crippen molar-refractivity contribution in [3.05, 3.63) is 59.7 Å². The van der Waals surface area contributed by atoms with Gasteiger partial charge >= 0.3 is 0 Å². The van der Waals surface area contributed by atoms with Gasteiger partial charge in [-0.15, -0.1) is 0 Å². The van der Waals surface area contributed by atoms with Crippen molar-refractivity contribution in [1.82, 2.24) is 19.8 Å². The molecule has 2 aromatic carbocycles. The number of anilines is 1. The van der Waals surface area contributed by atoms with Gasteiger partial charge in [-0.1, -0.05) is 0 Å². The Kier molecular flexibility index (Phi) is 4.47. The Morgan fingerprint density at radius 2 is 1.79 bits per heavy atom. The number of rotatable bonds is 3. The highest BCUT2D eigenvalue weighted by atomic mass is 19.1. The number of fused-ring (bicyclic) bond motifs is 1. The van der Waals surface area contributed by atoms with Gasteiger partial charge in [0, 0.05) is 56.6 Å². The summed E-state index contributed by atoms with van der Waals surface area (Å²) < 4.78 is 13.1. The van der Waals surface area contributed by atoms with Crippen molar-refractivity contribution in [2.24, 2.45) is 0 Å². The van der Waals surface area contributed by atoms with Crippen molar-refractivity contribution in [3.63, 3.8) is 0 Å². The van der Waals surface area contributed by atoms with E-state index in [1.54, 1.807) is 0 Å². The van der Waals surface area contributed by atoms with Crippen LogP contribution in [0.4, 0.5) is 10.1 Å². The van der Waals surface area contributed by atoms with Crippen molar-refractivity contribution >= 4 is 22.6 Å². The third-order valence-electron chi connectivity index (χ3n) is 6.02. The number of benzene rings is 2. The number of H-pyrrole nitrogens is 1. The Morgan fingerprint density at radius 3 is 2.52 bits per heavy atom. The van der Waals surface area contributed by atoms with Crippen LogP contribution in [-0.4, -0.2) is 71.0 Å². The molecule has 3 heterocycles. The van der Waals surface area contributed by atoms with Crippen LogP contribution in [0.3, 0.4) is 0 Å².